The molecule has 1 amide bonds. The number of thioether (sulfide) groups is 1. The summed E-state index contributed by atoms with van der Waals surface area (Å²) in [6.07, 6.45) is 1.82. The van der Waals surface area contributed by atoms with Crippen LogP contribution < -0.4 is 10.7 Å². The third-order valence-corrected chi connectivity index (χ3v) is 6.01. The third kappa shape index (κ3) is 3.62. The second kappa shape index (κ2) is 8.06. The number of para-hydroxylation sites is 1. The molecule has 1 aliphatic heterocycles. The van der Waals surface area contributed by atoms with Gasteiger partial charge in [-0.3, -0.25) is 4.79 Å². The zero-order chi connectivity index (χ0) is 19.5. The van der Waals surface area contributed by atoms with Gasteiger partial charge in [0.05, 0.1) is 6.04 Å². The average Bonchev–Trinajstić information content (AvgIpc) is 3.11. The Morgan fingerprint density at radius 1 is 1.14 bits per heavy atom. The fourth-order valence-corrected chi connectivity index (χ4v) is 4.41. The van der Waals surface area contributed by atoms with Gasteiger partial charge in [0.1, 0.15) is 5.25 Å². The first kappa shape index (κ1) is 18.6. The molecule has 144 valence electrons. The molecule has 0 saturated heterocycles. The van der Waals surface area contributed by atoms with Crippen LogP contribution in [-0.4, -0.2) is 26.0 Å². The second-order valence-electron chi connectivity index (χ2n) is 6.84. The monoisotopic (exact) mass is 393 g/mol. The van der Waals surface area contributed by atoms with E-state index < -0.39 is 0 Å². The highest BCUT2D eigenvalue weighted by atomic mass is 32.2. The highest BCUT2D eigenvalue weighted by molar-refractivity contribution is 8.00. The van der Waals surface area contributed by atoms with Crippen molar-refractivity contribution in [3.8, 4) is 0 Å². The predicted molar refractivity (Wildman–Crippen MR) is 112 cm³/mol. The Balaban J connectivity index is 1.67. The van der Waals surface area contributed by atoms with Gasteiger partial charge in [0.2, 0.25) is 11.1 Å². The zero-order valence-corrected chi connectivity index (χ0v) is 16.7. The van der Waals surface area contributed by atoms with E-state index in [1.807, 2.05) is 66.2 Å². The Morgan fingerprint density at radius 3 is 2.64 bits per heavy atom. The Hall–Kier alpha value is -2.80. The number of nitrogens with one attached hydrogen (secondary N) is 2. The number of aromatic nitrogens is 3. The van der Waals surface area contributed by atoms with Crippen molar-refractivity contribution in [1.82, 2.24) is 14.9 Å². The van der Waals surface area contributed by atoms with Crippen molar-refractivity contribution in [2.75, 3.05) is 10.7 Å². The van der Waals surface area contributed by atoms with E-state index in [1.54, 1.807) is 0 Å². The molecule has 28 heavy (non-hydrogen) atoms. The standard InChI is InChI=1S/C21H23N5OS/c1-3-9-17-23-24-21-26(17)25-18(15-11-5-4-6-12-15)19(28-21)20(27)22-16-13-8-7-10-14(16)2/h4-8,10-13,18-19,25H,3,9H2,1-2H3,(H,22,27). The molecular weight excluding hydrogens is 370 g/mol. The van der Waals surface area contributed by atoms with Gasteiger partial charge in [-0.2, -0.15) is 0 Å². The number of anilines is 1. The van der Waals surface area contributed by atoms with Gasteiger partial charge < -0.3 is 10.7 Å². The van der Waals surface area contributed by atoms with E-state index in [0.717, 1.165) is 40.6 Å². The van der Waals surface area contributed by atoms with Gasteiger partial charge in [0, 0.05) is 12.1 Å². The highest BCUT2D eigenvalue weighted by Crippen LogP contribution is 2.37. The van der Waals surface area contributed by atoms with Gasteiger partial charge in [-0.15, -0.1) is 10.2 Å². The van der Waals surface area contributed by atoms with Crippen LogP contribution in [0.3, 0.4) is 0 Å². The van der Waals surface area contributed by atoms with E-state index in [4.69, 9.17) is 0 Å². The van der Waals surface area contributed by atoms with Crippen LogP contribution in [0, 0.1) is 6.92 Å². The summed E-state index contributed by atoms with van der Waals surface area (Å²) < 4.78 is 1.93. The minimum atomic E-state index is -0.367. The van der Waals surface area contributed by atoms with E-state index in [0.29, 0.717) is 0 Å². The minimum Gasteiger partial charge on any atom is -0.325 e. The summed E-state index contributed by atoms with van der Waals surface area (Å²) in [6, 6.07) is 17.7. The normalized spacial score (nSPS) is 18.2. The SMILES string of the molecule is CCCc1nnc2n1NC(c1ccccc1)C(C(=O)Nc1ccccc1C)S2. The van der Waals surface area contributed by atoms with E-state index in [9.17, 15) is 4.79 Å². The van der Waals surface area contributed by atoms with Crippen LogP contribution in [0.25, 0.3) is 0 Å². The number of hydrogen-bond acceptors (Lipinski definition) is 5. The topological polar surface area (TPSA) is 71.8 Å². The quantitative estimate of drug-likeness (QED) is 0.687. The van der Waals surface area contributed by atoms with E-state index in [2.05, 4.69) is 27.9 Å². The first-order valence-corrected chi connectivity index (χ1v) is 10.3. The van der Waals surface area contributed by atoms with E-state index >= 15 is 0 Å². The highest BCUT2D eigenvalue weighted by Gasteiger charge is 2.37. The average molecular weight is 394 g/mol. The molecule has 0 aliphatic carbocycles. The number of fused-ring (bicyclic) bond motifs is 1. The maximum absolute atomic E-state index is 13.2. The van der Waals surface area contributed by atoms with Crippen molar-refractivity contribution < 1.29 is 4.79 Å². The van der Waals surface area contributed by atoms with Crippen LogP contribution in [0.15, 0.2) is 59.8 Å². The summed E-state index contributed by atoms with van der Waals surface area (Å²) in [7, 11) is 0. The number of carbonyl (C=O) groups excluding carboxylic acids is 1. The largest absolute Gasteiger partial charge is 0.325 e. The van der Waals surface area contributed by atoms with Crippen molar-refractivity contribution >= 4 is 23.4 Å². The molecule has 2 heterocycles. The molecular formula is C21H23N5OS. The molecule has 0 saturated carbocycles. The first-order chi connectivity index (χ1) is 13.7. The Morgan fingerprint density at radius 2 is 1.89 bits per heavy atom. The second-order valence-corrected chi connectivity index (χ2v) is 7.95. The number of benzene rings is 2. The molecule has 3 aromatic rings. The maximum Gasteiger partial charge on any atom is 0.240 e. The van der Waals surface area contributed by atoms with Crippen molar-refractivity contribution in [2.24, 2.45) is 0 Å². The van der Waals surface area contributed by atoms with Crippen molar-refractivity contribution in [3.05, 3.63) is 71.5 Å². The summed E-state index contributed by atoms with van der Waals surface area (Å²) in [6.45, 7) is 4.11. The maximum atomic E-state index is 13.2. The van der Waals surface area contributed by atoms with E-state index in [-0.39, 0.29) is 17.2 Å². The Kier molecular flexibility index (Phi) is 5.34. The van der Waals surface area contributed by atoms with Crippen LogP contribution in [-0.2, 0) is 11.2 Å². The number of nitrogens with zero attached hydrogens (tertiary/aromatic N) is 3. The molecule has 0 bridgehead atoms. The van der Waals surface area contributed by atoms with Gasteiger partial charge >= 0.3 is 0 Å². The number of hydrogen-bond donors (Lipinski definition) is 2. The van der Waals surface area contributed by atoms with Gasteiger partial charge in [-0.05, 0) is 30.5 Å². The molecule has 2 N–H and O–H groups in total. The summed E-state index contributed by atoms with van der Waals surface area (Å²) in [4.78, 5) is 13.2. The molecule has 0 fully saturated rings. The Bertz CT molecular complexity index is 972. The number of amides is 1. The molecule has 2 aromatic carbocycles. The van der Waals surface area contributed by atoms with Crippen LogP contribution in [0.1, 0.15) is 36.3 Å². The molecule has 7 heteroatoms. The van der Waals surface area contributed by atoms with Crippen molar-refractivity contribution in [3.63, 3.8) is 0 Å². The van der Waals surface area contributed by atoms with Crippen LogP contribution in [0.5, 0.6) is 0 Å². The zero-order valence-electron chi connectivity index (χ0n) is 15.9. The Labute approximate surface area is 168 Å². The van der Waals surface area contributed by atoms with Crippen molar-refractivity contribution in [2.45, 2.75) is 43.1 Å². The summed E-state index contributed by atoms with van der Waals surface area (Å²) >= 11 is 1.45. The summed E-state index contributed by atoms with van der Waals surface area (Å²) in [5.74, 6) is 0.843. The summed E-state index contributed by atoms with van der Waals surface area (Å²) in [5, 5.41) is 12.0. The molecule has 0 radical (unpaired) electrons. The van der Waals surface area contributed by atoms with E-state index in [1.165, 1.54) is 11.8 Å². The minimum absolute atomic E-state index is 0.0491. The molecule has 0 spiro atoms. The molecule has 2 atom stereocenters. The number of aryl methyl sites for hydroxylation is 2. The lowest BCUT2D eigenvalue weighted by molar-refractivity contribution is -0.116. The van der Waals surface area contributed by atoms with Gasteiger partial charge in [0.25, 0.3) is 0 Å². The lowest BCUT2D eigenvalue weighted by atomic mass is 10.0. The number of rotatable bonds is 5. The first-order valence-electron chi connectivity index (χ1n) is 9.46. The summed E-state index contributed by atoms with van der Waals surface area (Å²) in [5.41, 5.74) is 6.41. The fraction of sp³-hybridized carbons (Fsp3) is 0.286. The third-order valence-electron chi connectivity index (χ3n) is 4.80. The van der Waals surface area contributed by atoms with Gasteiger partial charge in [-0.25, -0.2) is 4.68 Å². The van der Waals surface area contributed by atoms with Crippen LogP contribution >= 0.6 is 11.8 Å². The lowest BCUT2D eigenvalue weighted by Gasteiger charge is -2.33. The fourth-order valence-electron chi connectivity index (χ4n) is 3.31. The molecule has 4 rings (SSSR count). The predicted octanol–water partition coefficient (Wildman–Crippen LogP) is 3.94. The molecule has 1 aromatic heterocycles. The molecule has 1 aliphatic rings. The lowest BCUT2D eigenvalue weighted by Crippen LogP contribution is -2.41. The number of carbonyl (C=O) groups is 1. The smallest absolute Gasteiger partial charge is 0.240 e. The van der Waals surface area contributed by atoms with Crippen LogP contribution in [0.2, 0.25) is 0 Å². The van der Waals surface area contributed by atoms with Crippen LogP contribution in [0.4, 0.5) is 5.69 Å². The molecule has 6 nitrogen and oxygen atoms in total. The molecule has 2 unspecified atom stereocenters. The van der Waals surface area contributed by atoms with Gasteiger partial charge in [0.15, 0.2) is 5.82 Å². The van der Waals surface area contributed by atoms with Gasteiger partial charge in [-0.1, -0.05) is 67.2 Å². The van der Waals surface area contributed by atoms with Crippen molar-refractivity contribution in [1.29, 1.82) is 0 Å².